The largest absolute Gasteiger partial charge is 0.255 e. The van der Waals surface area contributed by atoms with Gasteiger partial charge in [-0.1, -0.05) is 50.1 Å². The Morgan fingerprint density at radius 3 is 2.40 bits per heavy atom. The van der Waals surface area contributed by atoms with Gasteiger partial charge in [-0.05, 0) is 48.8 Å². The van der Waals surface area contributed by atoms with Crippen molar-refractivity contribution >= 4 is 0 Å². The van der Waals surface area contributed by atoms with Gasteiger partial charge in [0, 0.05) is 17.5 Å². The predicted molar refractivity (Wildman–Crippen MR) is 110 cm³/mol. The summed E-state index contributed by atoms with van der Waals surface area (Å²) in [5.41, 5.74) is 0.0575. The summed E-state index contributed by atoms with van der Waals surface area (Å²) in [4.78, 5) is 0. The van der Waals surface area contributed by atoms with Crippen molar-refractivity contribution in [2.24, 2.45) is 5.92 Å². The number of halogens is 5. The van der Waals surface area contributed by atoms with Crippen molar-refractivity contribution in [3.05, 3.63) is 71.6 Å². The molecule has 1 fully saturated rings. The third-order valence-corrected chi connectivity index (χ3v) is 6.08. The molecule has 162 valence electrons. The van der Waals surface area contributed by atoms with Crippen LogP contribution in [0, 0.1) is 23.4 Å². The average molecular weight is 422 g/mol. The summed E-state index contributed by atoms with van der Waals surface area (Å²) in [6.45, 7) is 5.56. The smallest absolute Gasteiger partial charge is 0.206 e. The van der Waals surface area contributed by atoms with Gasteiger partial charge in [-0.25, -0.2) is 22.0 Å². The molecule has 0 N–H and O–H groups in total. The predicted octanol–water partition coefficient (Wildman–Crippen LogP) is 8.21. The molecule has 2 atom stereocenters. The van der Waals surface area contributed by atoms with E-state index < -0.39 is 29.3 Å². The van der Waals surface area contributed by atoms with Crippen LogP contribution in [0.15, 0.2) is 43.0 Å². The summed E-state index contributed by atoms with van der Waals surface area (Å²) >= 11 is 0. The van der Waals surface area contributed by atoms with Crippen LogP contribution in [0.3, 0.4) is 0 Å². The summed E-state index contributed by atoms with van der Waals surface area (Å²) in [5.74, 6) is -7.81. The Kier molecular flexibility index (Phi) is 6.99. The lowest BCUT2D eigenvalue weighted by Crippen LogP contribution is -2.34. The topological polar surface area (TPSA) is 0 Å². The molecular formula is C25H27F5. The molecule has 0 bridgehead atoms. The molecule has 0 aromatic heterocycles. The molecule has 0 nitrogen and oxygen atoms in total. The SMILES string of the molecule is C=CCCc1ccc(-c2ccc(C3CCC(CCC)CC3(F)F)c(F)c2F)c(F)c1. The zero-order chi connectivity index (χ0) is 21.9. The minimum Gasteiger partial charge on any atom is -0.206 e. The van der Waals surface area contributed by atoms with Crippen LogP contribution in [0.2, 0.25) is 0 Å². The molecule has 2 aromatic carbocycles. The molecule has 0 amide bonds. The van der Waals surface area contributed by atoms with E-state index >= 15 is 0 Å². The number of aryl methyl sites for hydroxylation is 1. The second-order valence-electron chi connectivity index (χ2n) is 8.22. The fraction of sp³-hybridized carbons (Fsp3) is 0.440. The molecule has 2 unspecified atom stereocenters. The quantitative estimate of drug-likeness (QED) is 0.311. The van der Waals surface area contributed by atoms with Crippen molar-refractivity contribution in [3.8, 4) is 11.1 Å². The maximum atomic E-state index is 14.9. The van der Waals surface area contributed by atoms with Crippen LogP contribution in [-0.2, 0) is 6.42 Å². The molecule has 1 aliphatic carbocycles. The molecule has 0 saturated heterocycles. The van der Waals surface area contributed by atoms with Crippen LogP contribution in [-0.4, -0.2) is 5.92 Å². The van der Waals surface area contributed by atoms with E-state index in [1.165, 1.54) is 24.3 Å². The molecule has 5 heteroatoms. The first kappa shape index (κ1) is 22.5. The number of alkyl halides is 2. The highest BCUT2D eigenvalue weighted by atomic mass is 19.3. The van der Waals surface area contributed by atoms with Crippen LogP contribution < -0.4 is 0 Å². The summed E-state index contributed by atoms with van der Waals surface area (Å²) < 4.78 is 73.7. The van der Waals surface area contributed by atoms with Gasteiger partial charge in [0.05, 0.1) is 5.92 Å². The second-order valence-corrected chi connectivity index (χ2v) is 8.22. The Labute approximate surface area is 174 Å². The van der Waals surface area contributed by atoms with Crippen LogP contribution in [0.25, 0.3) is 11.1 Å². The van der Waals surface area contributed by atoms with Crippen molar-refractivity contribution in [2.45, 2.75) is 63.7 Å². The summed E-state index contributed by atoms with van der Waals surface area (Å²) in [7, 11) is 0. The third kappa shape index (κ3) is 4.60. The third-order valence-electron chi connectivity index (χ3n) is 6.08. The van der Waals surface area contributed by atoms with Crippen molar-refractivity contribution in [1.82, 2.24) is 0 Å². The number of hydrogen-bond acceptors (Lipinski definition) is 0. The van der Waals surface area contributed by atoms with Crippen LogP contribution >= 0.6 is 0 Å². The van der Waals surface area contributed by atoms with Crippen molar-refractivity contribution in [2.75, 3.05) is 0 Å². The van der Waals surface area contributed by atoms with Gasteiger partial charge in [-0.15, -0.1) is 6.58 Å². The van der Waals surface area contributed by atoms with Crippen molar-refractivity contribution in [1.29, 1.82) is 0 Å². The standard InChI is InChI=1S/C25H27F5/c1-3-5-7-16-8-10-18(22(26)14-16)19-11-12-20(24(28)23(19)27)21-13-9-17(6-4-2)15-25(21,29)30/h3,8,10-12,14,17,21H,1,4-7,9,13,15H2,2H3. The van der Waals surface area contributed by atoms with E-state index in [1.54, 1.807) is 12.1 Å². The molecule has 0 radical (unpaired) electrons. The van der Waals surface area contributed by atoms with Gasteiger partial charge in [0.2, 0.25) is 0 Å². The number of allylic oxidation sites excluding steroid dienone is 1. The fourth-order valence-electron chi connectivity index (χ4n) is 4.52. The average Bonchev–Trinajstić information content (AvgIpc) is 2.69. The molecule has 3 rings (SSSR count). The zero-order valence-corrected chi connectivity index (χ0v) is 17.2. The van der Waals surface area contributed by atoms with E-state index in [-0.39, 0.29) is 35.4 Å². The van der Waals surface area contributed by atoms with E-state index in [9.17, 15) is 22.0 Å². The van der Waals surface area contributed by atoms with Gasteiger partial charge in [-0.2, -0.15) is 0 Å². The minimum atomic E-state index is -3.09. The molecule has 0 heterocycles. The number of hydrogen-bond donors (Lipinski definition) is 0. The number of benzene rings is 2. The lowest BCUT2D eigenvalue weighted by atomic mass is 9.74. The molecule has 2 aromatic rings. The van der Waals surface area contributed by atoms with E-state index in [4.69, 9.17) is 0 Å². The zero-order valence-electron chi connectivity index (χ0n) is 17.2. The summed E-state index contributed by atoms with van der Waals surface area (Å²) in [6, 6.07) is 6.74. The van der Waals surface area contributed by atoms with Crippen molar-refractivity contribution in [3.63, 3.8) is 0 Å². The Morgan fingerprint density at radius 1 is 1.03 bits per heavy atom. The van der Waals surface area contributed by atoms with Gasteiger partial charge in [0.1, 0.15) is 5.82 Å². The van der Waals surface area contributed by atoms with Gasteiger partial charge in [0.25, 0.3) is 5.92 Å². The van der Waals surface area contributed by atoms with Crippen molar-refractivity contribution < 1.29 is 22.0 Å². The fourth-order valence-corrected chi connectivity index (χ4v) is 4.52. The summed E-state index contributed by atoms with van der Waals surface area (Å²) in [6.07, 6.45) is 4.87. The second kappa shape index (κ2) is 9.32. The number of rotatable bonds is 7. The Bertz CT molecular complexity index is 903. The van der Waals surface area contributed by atoms with Gasteiger partial charge >= 0.3 is 0 Å². The maximum absolute atomic E-state index is 14.9. The first-order chi connectivity index (χ1) is 14.3. The van der Waals surface area contributed by atoms with E-state index in [2.05, 4.69) is 6.58 Å². The highest BCUT2D eigenvalue weighted by molar-refractivity contribution is 5.66. The van der Waals surface area contributed by atoms with Crippen LogP contribution in [0.5, 0.6) is 0 Å². The molecule has 1 saturated carbocycles. The molecule has 1 aliphatic rings. The highest BCUT2D eigenvalue weighted by Crippen LogP contribution is 2.49. The molecule has 30 heavy (non-hydrogen) atoms. The monoisotopic (exact) mass is 422 g/mol. The lowest BCUT2D eigenvalue weighted by molar-refractivity contribution is -0.0745. The Hall–Kier alpha value is -2.17. The first-order valence-electron chi connectivity index (χ1n) is 10.5. The minimum absolute atomic E-state index is 0.0845. The Balaban J connectivity index is 1.90. The molecular weight excluding hydrogens is 395 g/mol. The molecule has 0 spiro atoms. The van der Waals surface area contributed by atoms with E-state index in [0.717, 1.165) is 12.0 Å². The highest BCUT2D eigenvalue weighted by Gasteiger charge is 2.46. The maximum Gasteiger partial charge on any atom is 0.255 e. The lowest BCUT2D eigenvalue weighted by Gasteiger charge is -2.36. The van der Waals surface area contributed by atoms with Gasteiger partial charge in [0.15, 0.2) is 11.6 Å². The summed E-state index contributed by atoms with van der Waals surface area (Å²) in [5, 5.41) is 0. The van der Waals surface area contributed by atoms with Gasteiger partial charge < -0.3 is 0 Å². The van der Waals surface area contributed by atoms with Gasteiger partial charge in [-0.3, -0.25) is 0 Å². The molecule has 0 aliphatic heterocycles. The van der Waals surface area contributed by atoms with E-state index in [1.807, 2.05) is 6.92 Å². The first-order valence-corrected chi connectivity index (χ1v) is 10.5. The van der Waals surface area contributed by atoms with E-state index in [0.29, 0.717) is 25.7 Å². The Morgan fingerprint density at radius 2 is 1.77 bits per heavy atom. The van der Waals surface area contributed by atoms with Crippen LogP contribution in [0.4, 0.5) is 22.0 Å². The van der Waals surface area contributed by atoms with Crippen LogP contribution in [0.1, 0.15) is 62.5 Å². The normalized spacial score (nSPS) is 20.9.